The molecule has 0 radical (unpaired) electrons. The first-order valence-electron chi connectivity index (χ1n) is 4.31. The zero-order valence-electron chi connectivity index (χ0n) is 7.34. The lowest BCUT2D eigenvalue weighted by atomic mass is 10.1. The van der Waals surface area contributed by atoms with Crippen LogP contribution in [0.25, 0.3) is 0 Å². The third kappa shape index (κ3) is 2.65. The number of hydrogen-bond donors (Lipinski definition) is 2. The summed E-state index contributed by atoms with van der Waals surface area (Å²) in [7, 11) is 0. The fourth-order valence-electron chi connectivity index (χ4n) is 1.38. The normalized spacial score (nSPS) is 34.1. The topological polar surface area (TPSA) is 38.0 Å². The maximum Gasteiger partial charge on any atom is 0.0194 e. The van der Waals surface area contributed by atoms with Crippen LogP contribution in [-0.4, -0.2) is 29.6 Å². The Morgan fingerprint density at radius 1 is 1.73 bits per heavy atom. The van der Waals surface area contributed by atoms with Gasteiger partial charge in [0.1, 0.15) is 0 Å². The molecule has 2 nitrogen and oxygen atoms in total. The van der Waals surface area contributed by atoms with Crippen molar-refractivity contribution in [3.63, 3.8) is 0 Å². The molecule has 3 unspecified atom stereocenters. The van der Waals surface area contributed by atoms with Gasteiger partial charge in [-0.3, -0.25) is 0 Å². The molecule has 11 heavy (non-hydrogen) atoms. The average Bonchev–Trinajstić information content (AvgIpc) is 2.37. The van der Waals surface area contributed by atoms with E-state index in [4.69, 9.17) is 5.73 Å². The lowest BCUT2D eigenvalue weighted by molar-refractivity contribution is 0.448. The lowest BCUT2D eigenvalue weighted by Gasteiger charge is -2.20. The molecule has 0 aromatic heterocycles. The van der Waals surface area contributed by atoms with E-state index in [2.05, 4.69) is 30.9 Å². The smallest absolute Gasteiger partial charge is 0.0194 e. The molecule has 0 amide bonds. The van der Waals surface area contributed by atoms with E-state index in [1.165, 1.54) is 12.2 Å². The van der Waals surface area contributed by atoms with Gasteiger partial charge >= 0.3 is 0 Å². The van der Waals surface area contributed by atoms with E-state index in [1.807, 2.05) is 0 Å². The van der Waals surface area contributed by atoms with Gasteiger partial charge in [-0.1, -0.05) is 6.92 Å². The Hall–Kier alpha value is 0.270. The third-order valence-electron chi connectivity index (χ3n) is 2.23. The zero-order chi connectivity index (χ0) is 8.27. The summed E-state index contributed by atoms with van der Waals surface area (Å²) in [6.07, 6.45) is 1.30. The molecular formula is C8H18N2S. The molecule has 3 N–H and O–H groups in total. The summed E-state index contributed by atoms with van der Waals surface area (Å²) >= 11 is 2.05. The van der Waals surface area contributed by atoms with E-state index in [0.29, 0.717) is 12.1 Å². The van der Waals surface area contributed by atoms with Crippen molar-refractivity contribution in [1.29, 1.82) is 0 Å². The van der Waals surface area contributed by atoms with Crippen molar-refractivity contribution in [3.8, 4) is 0 Å². The van der Waals surface area contributed by atoms with Crippen molar-refractivity contribution in [2.75, 3.05) is 12.3 Å². The van der Waals surface area contributed by atoms with Crippen LogP contribution in [0.4, 0.5) is 0 Å². The van der Waals surface area contributed by atoms with E-state index >= 15 is 0 Å². The maximum absolute atomic E-state index is 5.53. The highest BCUT2D eigenvalue weighted by Crippen LogP contribution is 2.26. The van der Waals surface area contributed by atoms with Gasteiger partial charge in [-0.2, -0.15) is 11.8 Å². The molecule has 0 saturated carbocycles. The molecule has 1 aliphatic heterocycles. The molecule has 1 fully saturated rings. The van der Waals surface area contributed by atoms with Gasteiger partial charge in [0.2, 0.25) is 0 Å². The van der Waals surface area contributed by atoms with Gasteiger partial charge in [-0.05, 0) is 19.1 Å². The van der Waals surface area contributed by atoms with E-state index < -0.39 is 0 Å². The Labute approximate surface area is 73.3 Å². The SMILES string of the molecule is CC(CN)NC1CCSC1C. The number of thioether (sulfide) groups is 1. The second kappa shape index (κ2) is 4.33. The van der Waals surface area contributed by atoms with Crippen molar-refractivity contribution < 1.29 is 0 Å². The maximum atomic E-state index is 5.53. The van der Waals surface area contributed by atoms with Crippen LogP contribution < -0.4 is 11.1 Å². The van der Waals surface area contributed by atoms with Crippen molar-refractivity contribution >= 4 is 11.8 Å². The van der Waals surface area contributed by atoms with Crippen LogP contribution in [0, 0.1) is 0 Å². The summed E-state index contributed by atoms with van der Waals surface area (Å²) in [5.41, 5.74) is 5.53. The number of rotatable bonds is 3. The lowest BCUT2D eigenvalue weighted by Crippen LogP contribution is -2.43. The third-order valence-corrected chi connectivity index (χ3v) is 3.55. The van der Waals surface area contributed by atoms with Crippen molar-refractivity contribution in [2.24, 2.45) is 5.73 Å². The number of nitrogens with two attached hydrogens (primary N) is 1. The quantitative estimate of drug-likeness (QED) is 0.665. The number of hydrogen-bond acceptors (Lipinski definition) is 3. The van der Waals surface area contributed by atoms with Crippen molar-refractivity contribution in [1.82, 2.24) is 5.32 Å². The molecule has 0 aliphatic carbocycles. The molecule has 0 aromatic rings. The van der Waals surface area contributed by atoms with Crippen LogP contribution in [-0.2, 0) is 0 Å². The molecule has 3 atom stereocenters. The fourth-order valence-corrected chi connectivity index (χ4v) is 2.59. The molecule has 1 rings (SSSR count). The highest BCUT2D eigenvalue weighted by Gasteiger charge is 2.24. The molecule has 66 valence electrons. The molecule has 1 saturated heterocycles. The molecule has 3 heteroatoms. The Balaban J connectivity index is 2.24. The molecule has 1 heterocycles. The van der Waals surface area contributed by atoms with Gasteiger partial charge in [0.05, 0.1) is 0 Å². The van der Waals surface area contributed by atoms with E-state index in [0.717, 1.165) is 11.8 Å². The van der Waals surface area contributed by atoms with Gasteiger partial charge in [0.15, 0.2) is 0 Å². The van der Waals surface area contributed by atoms with Gasteiger partial charge in [-0.25, -0.2) is 0 Å². The minimum absolute atomic E-state index is 0.473. The Morgan fingerprint density at radius 3 is 2.91 bits per heavy atom. The molecular weight excluding hydrogens is 156 g/mol. The van der Waals surface area contributed by atoms with Gasteiger partial charge in [0.25, 0.3) is 0 Å². The van der Waals surface area contributed by atoms with Gasteiger partial charge < -0.3 is 11.1 Å². The van der Waals surface area contributed by atoms with Gasteiger partial charge in [0, 0.05) is 23.9 Å². The van der Waals surface area contributed by atoms with E-state index in [9.17, 15) is 0 Å². The van der Waals surface area contributed by atoms with Gasteiger partial charge in [-0.15, -0.1) is 0 Å². The second-order valence-electron chi connectivity index (χ2n) is 3.27. The first-order valence-corrected chi connectivity index (χ1v) is 5.36. The van der Waals surface area contributed by atoms with Crippen LogP contribution in [0.1, 0.15) is 20.3 Å². The van der Waals surface area contributed by atoms with Crippen LogP contribution in [0.5, 0.6) is 0 Å². The predicted molar refractivity (Wildman–Crippen MR) is 52.0 cm³/mol. The number of nitrogens with one attached hydrogen (secondary N) is 1. The summed E-state index contributed by atoms with van der Waals surface area (Å²) < 4.78 is 0. The van der Waals surface area contributed by atoms with Crippen LogP contribution in [0.15, 0.2) is 0 Å². The van der Waals surface area contributed by atoms with Crippen LogP contribution in [0.3, 0.4) is 0 Å². The zero-order valence-corrected chi connectivity index (χ0v) is 8.16. The second-order valence-corrected chi connectivity index (χ2v) is 4.76. The van der Waals surface area contributed by atoms with Crippen molar-refractivity contribution in [3.05, 3.63) is 0 Å². The fraction of sp³-hybridized carbons (Fsp3) is 1.00. The summed E-state index contributed by atoms with van der Waals surface area (Å²) in [4.78, 5) is 0. The molecule has 0 bridgehead atoms. The highest BCUT2D eigenvalue weighted by atomic mass is 32.2. The first-order chi connectivity index (χ1) is 5.24. The average molecular weight is 174 g/mol. The van der Waals surface area contributed by atoms with E-state index in [-0.39, 0.29) is 0 Å². The summed E-state index contributed by atoms with van der Waals surface area (Å²) in [6, 6.07) is 1.17. The Kier molecular flexibility index (Phi) is 3.69. The minimum atomic E-state index is 0.473. The standard InChI is InChI=1S/C8H18N2S/c1-6(5-9)10-8-3-4-11-7(8)2/h6-8,10H,3-5,9H2,1-2H3. The largest absolute Gasteiger partial charge is 0.329 e. The molecule has 0 aromatic carbocycles. The van der Waals surface area contributed by atoms with Crippen molar-refractivity contribution in [2.45, 2.75) is 37.6 Å². The molecule has 0 spiro atoms. The van der Waals surface area contributed by atoms with E-state index in [1.54, 1.807) is 0 Å². The first kappa shape index (κ1) is 9.36. The predicted octanol–water partition coefficient (Wildman–Crippen LogP) is 0.817. The summed E-state index contributed by atoms with van der Waals surface area (Å²) in [5.74, 6) is 1.30. The monoisotopic (exact) mass is 174 g/mol. The van der Waals surface area contributed by atoms with Crippen LogP contribution >= 0.6 is 11.8 Å². The minimum Gasteiger partial charge on any atom is -0.329 e. The van der Waals surface area contributed by atoms with Crippen LogP contribution in [0.2, 0.25) is 0 Å². The highest BCUT2D eigenvalue weighted by molar-refractivity contribution is 8.00. The summed E-state index contributed by atoms with van der Waals surface area (Å²) in [6.45, 7) is 5.18. The summed E-state index contributed by atoms with van der Waals surface area (Å²) in [5, 5.41) is 4.30. The molecule has 1 aliphatic rings. The Bertz CT molecular complexity index is 119. The Morgan fingerprint density at radius 2 is 2.45 bits per heavy atom.